The fourth-order valence-electron chi connectivity index (χ4n) is 5.64. The zero-order valence-electron chi connectivity index (χ0n) is 21.9. The Labute approximate surface area is 222 Å². The Kier molecular flexibility index (Phi) is 8.29. The maximum absolute atomic E-state index is 14.3. The van der Waals surface area contributed by atoms with Gasteiger partial charge in [-0.25, -0.2) is 4.79 Å². The molecule has 2 saturated heterocycles. The van der Waals surface area contributed by atoms with Gasteiger partial charge < -0.3 is 14.2 Å². The van der Waals surface area contributed by atoms with Gasteiger partial charge in [-0.2, -0.15) is 5.01 Å². The summed E-state index contributed by atoms with van der Waals surface area (Å²) in [6.07, 6.45) is 3.46. The number of methoxy groups -OCH3 is 3. The molecule has 5 atom stereocenters. The minimum absolute atomic E-state index is 0.317. The van der Waals surface area contributed by atoms with Gasteiger partial charge in [0.05, 0.1) is 33.4 Å². The number of rotatable bonds is 10. The average molecular weight is 520 g/mol. The van der Waals surface area contributed by atoms with Crippen molar-refractivity contribution in [2.75, 3.05) is 34.4 Å². The average Bonchev–Trinajstić information content (AvgIpc) is 3.45. The standard InChI is InChI=1S/C29H33N3O6/c1-6-17-30(18-7-2)26-24(19-11-9-8-10-12-19)31-23(20-13-15-21(36-3)16-14-20)22(28(34)37-4)25(29(35)38-5)32(31)27(26)33/h6-16,22-26H,1-2,17-18H2,3-5H3/t22-,23+,24-,25+,26-/m1/s1. The van der Waals surface area contributed by atoms with E-state index in [9.17, 15) is 14.4 Å². The van der Waals surface area contributed by atoms with Crippen molar-refractivity contribution in [1.82, 2.24) is 14.9 Å². The maximum Gasteiger partial charge on any atom is 0.331 e. The van der Waals surface area contributed by atoms with Gasteiger partial charge in [-0.3, -0.25) is 19.5 Å². The molecule has 0 bridgehead atoms. The Bertz CT molecular complexity index is 1170. The molecular formula is C29H33N3O6. The zero-order valence-corrected chi connectivity index (χ0v) is 21.9. The van der Waals surface area contributed by atoms with Gasteiger partial charge in [0, 0.05) is 13.1 Å². The highest BCUT2D eigenvalue weighted by molar-refractivity contribution is 5.94. The van der Waals surface area contributed by atoms with Crippen molar-refractivity contribution in [2.24, 2.45) is 5.92 Å². The van der Waals surface area contributed by atoms with Crippen LogP contribution in [0.15, 0.2) is 79.9 Å². The summed E-state index contributed by atoms with van der Waals surface area (Å²) in [5.74, 6) is -2.00. The fraction of sp³-hybridized carbons (Fsp3) is 0.345. The van der Waals surface area contributed by atoms with Crippen molar-refractivity contribution < 1.29 is 28.6 Å². The Hall–Kier alpha value is -3.95. The number of esters is 2. The third kappa shape index (κ3) is 4.59. The van der Waals surface area contributed by atoms with E-state index in [1.54, 1.807) is 31.4 Å². The van der Waals surface area contributed by atoms with Gasteiger partial charge in [-0.05, 0) is 23.3 Å². The molecule has 9 nitrogen and oxygen atoms in total. The molecular weight excluding hydrogens is 486 g/mol. The molecule has 4 rings (SSSR count). The molecule has 2 aromatic rings. The molecule has 9 heteroatoms. The van der Waals surface area contributed by atoms with Gasteiger partial charge in [0.15, 0.2) is 6.04 Å². The normalized spacial score (nSPS) is 24.7. The second kappa shape index (κ2) is 11.6. The minimum Gasteiger partial charge on any atom is -0.497 e. The summed E-state index contributed by atoms with van der Waals surface area (Å²) in [6.45, 7) is 8.58. The van der Waals surface area contributed by atoms with E-state index in [4.69, 9.17) is 14.2 Å². The number of carbonyl (C=O) groups excluding carboxylic acids is 3. The van der Waals surface area contributed by atoms with Crippen LogP contribution in [-0.4, -0.2) is 79.3 Å². The largest absolute Gasteiger partial charge is 0.497 e. The van der Waals surface area contributed by atoms with Crippen LogP contribution >= 0.6 is 0 Å². The highest BCUT2D eigenvalue weighted by atomic mass is 16.5. The van der Waals surface area contributed by atoms with E-state index >= 15 is 0 Å². The van der Waals surface area contributed by atoms with Gasteiger partial charge in [0.25, 0.3) is 5.91 Å². The third-order valence-electron chi connectivity index (χ3n) is 7.18. The summed E-state index contributed by atoms with van der Waals surface area (Å²) in [4.78, 5) is 42.8. The Morgan fingerprint density at radius 2 is 1.45 bits per heavy atom. The first-order valence-electron chi connectivity index (χ1n) is 12.3. The molecule has 1 amide bonds. The van der Waals surface area contributed by atoms with Crippen molar-refractivity contribution in [1.29, 1.82) is 0 Å². The first-order valence-corrected chi connectivity index (χ1v) is 12.3. The SMILES string of the molecule is C=CCN(CC=C)[C@H]1C(=O)N2[C@H](C(=O)OC)[C@H](C(=O)OC)[C@H](c3ccc(OC)cc3)N2[C@@H]1c1ccccc1. The molecule has 0 spiro atoms. The number of amides is 1. The molecule has 0 unspecified atom stereocenters. The van der Waals surface area contributed by atoms with Crippen molar-refractivity contribution in [3.8, 4) is 5.75 Å². The zero-order chi connectivity index (χ0) is 27.4. The molecule has 2 aliphatic rings. The molecule has 2 aromatic carbocycles. The molecule has 0 radical (unpaired) electrons. The van der Waals surface area contributed by atoms with Crippen molar-refractivity contribution in [3.63, 3.8) is 0 Å². The van der Waals surface area contributed by atoms with Crippen LogP contribution < -0.4 is 4.74 Å². The molecule has 0 aromatic heterocycles. The summed E-state index contributed by atoms with van der Waals surface area (Å²) < 4.78 is 15.6. The van der Waals surface area contributed by atoms with Crippen LogP contribution in [0.4, 0.5) is 0 Å². The smallest absolute Gasteiger partial charge is 0.331 e. The molecule has 0 saturated carbocycles. The Balaban J connectivity index is 1.98. The van der Waals surface area contributed by atoms with E-state index in [1.807, 2.05) is 52.4 Å². The van der Waals surface area contributed by atoms with Crippen LogP contribution in [0.25, 0.3) is 0 Å². The fourth-order valence-corrected chi connectivity index (χ4v) is 5.64. The second-order valence-electron chi connectivity index (χ2n) is 9.13. The van der Waals surface area contributed by atoms with Gasteiger partial charge in [-0.1, -0.05) is 54.6 Å². The number of fused-ring (bicyclic) bond motifs is 1. The molecule has 0 aliphatic carbocycles. The summed E-state index contributed by atoms with van der Waals surface area (Å²) in [6, 6.07) is 13.7. The number of ether oxygens (including phenoxy) is 3. The van der Waals surface area contributed by atoms with Gasteiger partial charge in [-0.15, -0.1) is 13.2 Å². The number of carbonyl (C=O) groups is 3. The van der Waals surface area contributed by atoms with Crippen LogP contribution in [0.3, 0.4) is 0 Å². The predicted molar refractivity (Wildman–Crippen MR) is 141 cm³/mol. The topological polar surface area (TPSA) is 88.6 Å². The number of benzene rings is 2. The highest BCUT2D eigenvalue weighted by Gasteiger charge is 2.66. The molecule has 200 valence electrons. The van der Waals surface area contributed by atoms with Gasteiger partial charge in [0.1, 0.15) is 17.7 Å². The molecule has 2 fully saturated rings. The number of hydrogen-bond acceptors (Lipinski definition) is 8. The van der Waals surface area contributed by atoms with Crippen LogP contribution in [0.5, 0.6) is 5.75 Å². The van der Waals surface area contributed by atoms with Crippen molar-refractivity contribution in [3.05, 3.63) is 91.0 Å². The van der Waals surface area contributed by atoms with Crippen LogP contribution in [0.1, 0.15) is 23.2 Å². The van der Waals surface area contributed by atoms with Gasteiger partial charge >= 0.3 is 11.9 Å². The van der Waals surface area contributed by atoms with E-state index in [0.29, 0.717) is 18.8 Å². The molecule has 0 N–H and O–H groups in total. The lowest BCUT2D eigenvalue weighted by molar-refractivity contribution is -0.161. The van der Waals surface area contributed by atoms with Crippen LogP contribution in [0.2, 0.25) is 0 Å². The maximum atomic E-state index is 14.3. The highest BCUT2D eigenvalue weighted by Crippen LogP contribution is 2.53. The third-order valence-corrected chi connectivity index (χ3v) is 7.18. The molecule has 38 heavy (non-hydrogen) atoms. The van der Waals surface area contributed by atoms with E-state index in [1.165, 1.54) is 19.2 Å². The lowest BCUT2D eigenvalue weighted by atomic mass is 9.85. The lowest BCUT2D eigenvalue weighted by Gasteiger charge is -2.35. The number of nitrogens with zero attached hydrogens (tertiary/aromatic N) is 3. The van der Waals surface area contributed by atoms with Crippen LogP contribution in [-0.2, 0) is 23.9 Å². The summed E-state index contributed by atoms with van der Waals surface area (Å²) in [7, 11) is 4.09. The quantitative estimate of drug-likeness (QED) is 0.350. The molecule has 2 aliphatic heterocycles. The lowest BCUT2D eigenvalue weighted by Crippen LogP contribution is -2.50. The van der Waals surface area contributed by atoms with E-state index < -0.39 is 42.0 Å². The first-order chi connectivity index (χ1) is 18.4. The molecule has 2 heterocycles. The number of hydrogen-bond donors (Lipinski definition) is 0. The number of hydrazine groups is 1. The van der Waals surface area contributed by atoms with Crippen molar-refractivity contribution in [2.45, 2.75) is 24.2 Å². The summed E-state index contributed by atoms with van der Waals surface area (Å²) in [5.41, 5.74) is 1.59. The van der Waals surface area contributed by atoms with E-state index in [0.717, 1.165) is 11.1 Å². The Morgan fingerprint density at radius 1 is 0.868 bits per heavy atom. The Morgan fingerprint density at radius 3 is 1.97 bits per heavy atom. The summed E-state index contributed by atoms with van der Waals surface area (Å²) >= 11 is 0. The van der Waals surface area contributed by atoms with E-state index in [2.05, 4.69) is 13.2 Å². The minimum atomic E-state index is -1.21. The van der Waals surface area contributed by atoms with Gasteiger partial charge in [0.2, 0.25) is 0 Å². The predicted octanol–water partition coefficient (Wildman–Crippen LogP) is 2.92. The van der Waals surface area contributed by atoms with Crippen molar-refractivity contribution >= 4 is 17.8 Å². The first kappa shape index (κ1) is 27.1. The monoisotopic (exact) mass is 519 g/mol. The summed E-state index contributed by atoms with van der Waals surface area (Å²) in [5, 5.41) is 3.26. The van der Waals surface area contributed by atoms with E-state index in [-0.39, 0.29) is 5.91 Å². The second-order valence-corrected chi connectivity index (χ2v) is 9.13. The van der Waals surface area contributed by atoms with Crippen LogP contribution in [0, 0.1) is 5.92 Å².